The summed E-state index contributed by atoms with van der Waals surface area (Å²) in [6, 6.07) is 73.5. The van der Waals surface area contributed by atoms with Crippen molar-refractivity contribution in [3.05, 3.63) is 206 Å². The fraction of sp³-hybridized carbons (Fsp3) is 0. The zero-order valence-electron chi connectivity index (χ0n) is 30.8. The number of benzene rings is 9. The van der Waals surface area contributed by atoms with Crippen LogP contribution in [-0.4, -0.2) is 4.98 Å². The van der Waals surface area contributed by atoms with Gasteiger partial charge in [-0.25, -0.2) is 4.98 Å². The van der Waals surface area contributed by atoms with Crippen molar-refractivity contribution in [3.8, 4) is 44.0 Å². The van der Waals surface area contributed by atoms with Gasteiger partial charge in [0.15, 0.2) is 0 Å². The number of anilines is 3. The Kier molecular flexibility index (Phi) is 8.01. The van der Waals surface area contributed by atoms with Gasteiger partial charge in [-0.3, -0.25) is 0 Å². The summed E-state index contributed by atoms with van der Waals surface area (Å²) in [5.41, 5.74) is 14.2. The number of thiazole rings is 1. The van der Waals surface area contributed by atoms with Gasteiger partial charge in [-0.15, -0.1) is 11.3 Å². The average Bonchev–Trinajstić information content (AvgIpc) is 3.87. The number of aromatic nitrogens is 1. The first kappa shape index (κ1) is 33.1. The summed E-state index contributed by atoms with van der Waals surface area (Å²) in [6.07, 6.45) is 0. The Bertz CT molecular complexity index is 3220. The van der Waals surface area contributed by atoms with Crippen LogP contribution in [0.15, 0.2) is 211 Å². The van der Waals surface area contributed by atoms with Crippen LogP contribution in [0.25, 0.3) is 86.9 Å². The van der Waals surface area contributed by atoms with E-state index in [9.17, 15) is 0 Å². The maximum atomic E-state index is 6.48. The van der Waals surface area contributed by atoms with Crippen LogP contribution in [0.4, 0.5) is 17.1 Å². The third-order valence-corrected chi connectivity index (χ3v) is 12.0. The summed E-state index contributed by atoms with van der Waals surface area (Å²) in [5, 5.41) is 5.65. The Hall–Kier alpha value is -7.27. The fourth-order valence-electron chi connectivity index (χ4n) is 8.14. The van der Waals surface area contributed by atoms with Crippen molar-refractivity contribution >= 4 is 71.3 Å². The second-order valence-electron chi connectivity index (χ2n) is 14.4. The molecule has 3 nitrogen and oxygen atoms in total. The maximum absolute atomic E-state index is 6.48. The summed E-state index contributed by atoms with van der Waals surface area (Å²) in [4.78, 5) is 7.33. The standard InChI is InChI=1S/C53H34N2OS/c1-4-13-35(14-5-1)39-19-12-20-41(31-39)55(40-25-23-37(24-26-40)44-29-28-43(36-15-6-2-7-16-36)45-21-10-11-22-46(44)45)42-27-30-50-47(32-42)48-33-52-49(34-51(48)56-50)54-53(57-52)38-17-8-3-9-18-38/h1-34H. The molecule has 2 heterocycles. The highest BCUT2D eigenvalue weighted by molar-refractivity contribution is 7.21. The first-order valence-corrected chi connectivity index (χ1v) is 20.0. The average molecular weight is 747 g/mol. The van der Waals surface area contributed by atoms with Crippen molar-refractivity contribution in [3.63, 3.8) is 0 Å². The topological polar surface area (TPSA) is 29.3 Å². The summed E-state index contributed by atoms with van der Waals surface area (Å²) in [7, 11) is 0. The Morgan fingerprint density at radius 1 is 0.368 bits per heavy atom. The predicted molar refractivity (Wildman–Crippen MR) is 241 cm³/mol. The number of rotatable bonds is 7. The van der Waals surface area contributed by atoms with Gasteiger partial charge in [0.1, 0.15) is 16.2 Å². The Labute approximate surface area is 334 Å². The van der Waals surface area contributed by atoms with Crippen molar-refractivity contribution in [2.24, 2.45) is 0 Å². The minimum atomic E-state index is 0.840. The van der Waals surface area contributed by atoms with E-state index in [0.717, 1.165) is 65.4 Å². The van der Waals surface area contributed by atoms with Gasteiger partial charge in [-0.2, -0.15) is 0 Å². The molecule has 0 spiro atoms. The zero-order valence-corrected chi connectivity index (χ0v) is 31.7. The van der Waals surface area contributed by atoms with Gasteiger partial charge in [-0.1, -0.05) is 152 Å². The van der Waals surface area contributed by atoms with Crippen LogP contribution in [0.5, 0.6) is 0 Å². The lowest BCUT2D eigenvalue weighted by Gasteiger charge is -2.26. The molecular weight excluding hydrogens is 713 g/mol. The van der Waals surface area contributed by atoms with Crippen LogP contribution >= 0.6 is 11.3 Å². The van der Waals surface area contributed by atoms with Gasteiger partial charge >= 0.3 is 0 Å². The Balaban J connectivity index is 1.04. The molecule has 0 N–H and O–H groups in total. The maximum Gasteiger partial charge on any atom is 0.137 e. The van der Waals surface area contributed by atoms with E-state index in [0.29, 0.717) is 0 Å². The van der Waals surface area contributed by atoms with Crippen LogP contribution in [0, 0.1) is 0 Å². The molecule has 0 bridgehead atoms. The molecule has 0 fully saturated rings. The van der Waals surface area contributed by atoms with Gasteiger partial charge in [0.25, 0.3) is 0 Å². The van der Waals surface area contributed by atoms with Crippen molar-refractivity contribution in [2.45, 2.75) is 0 Å². The van der Waals surface area contributed by atoms with Gasteiger partial charge in [-0.05, 0) is 92.7 Å². The van der Waals surface area contributed by atoms with Crippen LogP contribution in [0.2, 0.25) is 0 Å². The molecule has 2 aromatic heterocycles. The van der Waals surface area contributed by atoms with E-state index in [-0.39, 0.29) is 0 Å². The smallest absolute Gasteiger partial charge is 0.137 e. The molecular formula is C53H34N2OS. The normalized spacial score (nSPS) is 11.5. The second kappa shape index (κ2) is 13.8. The molecule has 0 aliphatic heterocycles. The van der Waals surface area contributed by atoms with Gasteiger partial charge in [0, 0.05) is 39.5 Å². The highest BCUT2D eigenvalue weighted by atomic mass is 32.1. The van der Waals surface area contributed by atoms with Crippen molar-refractivity contribution < 1.29 is 4.42 Å². The van der Waals surface area contributed by atoms with Crippen molar-refractivity contribution in [2.75, 3.05) is 4.90 Å². The molecule has 11 rings (SSSR count). The second-order valence-corrected chi connectivity index (χ2v) is 15.4. The molecule has 0 amide bonds. The lowest BCUT2D eigenvalue weighted by Crippen LogP contribution is -2.10. The van der Waals surface area contributed by atoms with E-state index in [1.807, 2.05) is 6.07 Å². The number of nitrogens with zero attached hydrogens (tertiary/aromatic N) is 2. The number of furan rings is 1. The van der Waals surface area contributed by atoms with Gasteiger partial charge in [0.2, 0.25) is 0 Å². The Morgan fingerprint density at radius 3 is 1.63 bits per heavy atom. The first-order chi connectivity index (χ1) is 28.2. The SMILES string of the molecule is c1ccc(-c2cccc(N(c3ccc(-c4ccc(-c5ccccc5)c5ccccc45)cc3)c3ccc4oc5cc6nc(-c7ccccc7)sc6cc5c4c3)c2)cc1. The van der Waals surface area contributed by atoms with Crippen LogP contribution < -0.4 is 4.90 Å². The monoisotopic (exact) mass is 746 g/mol. The summed E-state index contributed by atoms with van der Waals surface area (Å²) < 4.78 is 7.62. The van der Waals surface area contributed by atoms with E-state index in [4.69, 9.17) is 9.40 Å². The minimum Gasteiger partial charge on any atom is -0.456 e. The summed E-state index contributed by atoms with van der Waals surface area (Å²) in [6.45, 7) is 0. The largest absolute Gasteiger partial charge is 0.456 e. The highest BCUT2D eigenvalue weighted by Crippen LogP contribution is 2.43. The molecule has 57 heavy (non-hydrogen) atoms. The highest BCUT2D eigenvalue weighted by Gasteiger charge is 2.19. The van der Waals surface area contributed by atoms with E-state index < -0.39 is 0 Å². The van der Waals surface area contributed by atoms with E-state index in [2.05, 4.69) is 205 Å². The molecule has 11 aromatic rings. The molecule has 0 aliphatic carbocycles. The van der Waals surface area contributed by atoms with Crippen LogP contribution in [-0.2, 0) is 0 Å². The quantitative estimate of drug-likeness (QED) is 0.163. The molecule has 4 heteroatoms. The van der Waals surface area contributed by atoms with Gasteiger partial charge < -0.3 is 9.32 Å². The zero-order chi connectivity index (χ0) is 37.7. The fourth-order valence-corrected chi connectivity index (χ4v) is 9.13. The minimum absolute atomic E-state index is 0.840. The summed E-state index contributed by atoms with van der Waals surface area (Å²) in [5.74, 6) is 0. The molecule has 9 aromatic carbocycles. The van der Waals surface area contributed by atoms with Crippen molar-refractivity contribution in [1.29, 1.82) is 0 Å². The van der Waals surface area contributed by atoms with Crippen LogP contribution in [0.1, 0.15) is 0 Å². The molecule has 0 unspecified atom stereocenters. The molecule has 0 radical (unpaired) electrons. The lowest BCUT2D eigenvalue weighted by atomic mass is 9.92. The molecule has 0 saturated carbocycles. The predicted octanol–water partition coefficient (Wildman–Crippen LogP) is 15.5. The first-order valence-electron chi connectivity index (χ1n) is 19.2. The Morgan fingerprint density at radius 2 is 0.930 bits per heavy atom. The lowest BCUT2D eigenvalue weighted by molar-refractivity contribution is 0.669. The number of hydrogen-bond acceptors (Lipinski definition) is 4. The number of fused-ring (bicyclic) bond motifs is 5. The van der Waals surface area contributed by atoms with Crippen molar-refractivity contribution in [1.82, 2.24) is 4.98 Å². The van der Waals surface area contributed by atoms with E-state index in [1.165, 1.54) is 38.6 Å². The van der Waals surface area contributed by atoms with E-state index in [1.54, 1.807) is 11.3 Å². The van der Waals surface area contributed by atoms with Gasteiger partial charge in [0.05, 0.1) is 10.2 Å². The molecule has 0 saturated heterocycles. The third kappa shape index (κ3) is 5.95. The molecule has 0 aliphatic rings. The third-order valence-electron chi connectivity index (χ3n) is 10.9. The number of hydrogen-bond donors (Lipinski definition) is 0. The van der Waals surface area contributed by atoms with Crippen LogP contribution in [0.3, 0.4) is 0 Å². The van der Waals surface area contributed by atoms with E-state index >= 15 is 0 Å². The molecule has 268 valence electrons. The molecule has 0 atom stereocenters. The summed E-state index contributed by atoms with van der Waals surface area (Å²) >= 11 is 1.72.